The highest BCUT2D eigenvalue weighted by Gasteiger charge is 2.48. The quantitative estimate of drug-likeness (QED) is 0.735. The number of rotatable bonds is 4. The van der Waals surface area contributed by atoms with E-state index in [-0.39, 0.29) is 5.82 Å². The minimum absolute atomic E-state index is 0.164. The molecule has 1 aliphatic rings. The van der Waals surface area contributed by atoms with Crippen molar-refractivity contribution >= 4 is 0 Å². The van der Waals surface area contributed by atoms with Crippen molar-refractivity contribution < 1.29 is 4.39 Å². The third-order valence-corrected chi connectivity index (χ3v) is 3.76. The van der Waals surface area contributed by atoms with Crippen LogP contribution in [0.25, 0.3) is 0 Å². The summed E-state index contributed by atoms with van der Waals surface area (Å²) >= 11 is 0. The predicted molar refractivity (Wildman–Crippen MR) is 75.3 cm³/mol. The van der Waals surface area contributed by atoms with Crippen LogP contribution in [0.2, 0.25) is 0 Å². The summed E-state index contributed by atoms with van der Waals surface area (Å²) in [6.45, 7) is 3.28. The Morgan fingerprint density at radius 3 is 2.05 bits per heavy atom. The highest BCUT2D eigenvalue weighted by atomic mass is 19.1. The average molecular weight is 255 g/mol. The molecule has 0 aliphatic carbocycles. The number of nitrogens with zero attached hydrogens (tertiary/aromatic N) is 1. The Hall–Kier alpha value is -1.67. The van der Waals surface area contributed by atoms with E-state index in [2.05, 4.69) is 36.1 Å². The Bertz CT molecular complexity index is 535. The van der Waals surface area contributed by atoms with Gasteiger partial charge in [-0.05, 0) is 36.2 Å². The molecule has 1 saturated heterocycles. The van der Waals surface area contributed by atoms with Crippen LogP contribution in [0.1, 0.15) is 36.6 Å². The Morgan fingerprint density at radius 1 is 0.895 bits per heavy atom. The van der Waals surface area contributed by atoms with Crippen LogP contribution in [0.15, 0.2) is 54.6 Å². The van der Waals surface area contributed by atoms with E-state index in [0.29, 0.717) is 12.1 Å². The standard InChI is InChI=1S/C17H18FN/c1-2-12-19-16(13-6-4-3-5-7-13)17(19)14-8-10-15(18)11-9-14/h3-11,16-17H,2,12H2,1H3/t16-,17-,19?/m1/s1. The third kappa shape index (κ3) is 2.41. The van der Waals surface area contributed by atoms with Crippen LogP contribution in [-0.4, -0.2) is 11.4 Å². The van der Waals surface area contributed by atoms with Gasteiger partial charge in [0.05, 0.1) is 12.1 Å². The Labute approximate surface area is 113 Å². The normalized spacial score (nSPS) is 25.3. The Morgan fingerprint density at radius 2 is 1.47 bits per heavy atom. The van der Waals surface area contributed by atoms with Gasteiger partial charge in [0, 0.05) is 0 Å². The topological polar surface area (TPSA) is 3.01 Å². The first-order valence-corrected chi connectivity index (χ1v) is 6.87. The van der Waals surface area contributed by atoms with Gasteiger partial charge in [-0.3, -0.25) is 4.90 Å². The van der Waals surface area contributed by atoms with Gasteiger partial charge in [0.15, 0.2) is 0 Å². The summed E-state index contributed by atoms with van der Waals surface area (Å²) < 4.78 is 13.0. The maximum Gasteiger partial charge on any atom is 0.123 e. The zero-order valence-corrected chi connectivity index (χ0v) is 11.1. The van der Waals surface area contributed by atoms with Gasteiger partial charge in [0.25, 0.3) is 0 Å². The van der Waals surface area contributed by atoms with E-state index in [1.54, 1.807) is 12.1 Å². The fraction of sp³-hybridized carbons (Fsp3) is 0.294. The third-order valence-electron chi connectivity index (χ3n) is 3.76. The summed E-state index contributed by atoms with van der Waals surface area (Å²) in [7, 11) is 0. The van der Waals surface area contributed by atoms with Crippen LogP contribution in [-0.2, 0) is 0 Å². The van der Waals surface area contributed by atoms with Crippen molar-refractivity contribution in [3.8, 4) is 0 Å². The maximum atomic E-state index is 13.0. The van der Waals surface area contributed by atoms with Crippen LogP contribution < -0.4 is 0 Å². The van der Waals surface area contributed by atoms with Crippen molar-refractivity contribution in [2.75, 3.05) is 6.54 Å². The lowest BCUT2D eigenvalue weighted by Crippen LogP contribution is -2.00. The van der Waals surface area contributed by atoms with Crippen molar-refractivity contribution in [3.05, 3.63) is 71.5 Å². The van der Waals surface area contributed by atoms with E-state index < -0.39 is 0 Å². The fourth-order valence-electron chi connectivity index (χ4n) is 2.87. The number of benzene rings is 2. The molecular formula is C17H18FN. The summed E-state index contributed by atoms with van der Waals surface area (Å²) in [6, 6.07) is 18.3. The van der Waals surface area contributed by atoms with Crippen LogP contribution in [0.3, 0.4) is 0 Å². The van der Waals surface area contributed by atoms with Gasteiger partial charge in [0.1, 0.15) is 5.82 Å². The first-order valence-electron chi connectivity index (χ1n) is 6.87. The van der Waals surface area contributed by atoms with Crippen LogP contribution in [0.5, 0.6) is 0 Å². The summed E-state index contributed by atoms with van der Waals surface area (Å²) in [5.41, 5.74) is 2.56. The van der Waals surface area contributed by atoms with Gasteiger partial charge in [0.2, 0.25) is 0 Å². The van der Waals surface area contributed by atoms with Crippen molar-refractivity contribution in [1.29, 1.82) is 0 Å². The maximum absolute atomic E-state index is 13.0. The lowest BCUT2D eigenvalue weighted by atomic mass is 10.0. The van der Waals surface area contributed by atoms with E-state index >= 15 is 0 Å². The van der Waals surface area contributed by atoms with Crippen molar-refractivity contribution in [2.24, 2.45) is 0 Å². The number of hydrogen-bond donors (Lipinski definition) is 0. The summed E-state index contributed by atoms with van der Waals surface area (Å²) in [5.74, 6) is -0.164. The fourth-order valence-corrected chi connectivity index (χ4v) is 2.87. The van der Waals surface area contributed by atoms with Crippen LogP contribution in [0.4, 0.5) is 4.39 Å². The van der Waals surface area contributed by atoms with Crippen LogP contribution in [0, 0.1) is 5.82 Å². The molecule has 19 heavy (non-hydrogen) atoms. The molecule has 2 aromatic rings. The zero-order valence-electron chi connectivity index (χ0n) is 11.1. The molecule has 1 heterocycles. The molecule has 0 spiro atoms. The lowest BCUT2D eigenvalue weighted by Gasteiger charge is -2.01. The molecule has 0 radical (unpaired) electrons. The molecule has 0 bridgehead atoms. The smallest absolute Gasteiger partial charge is 0.123 e. The second-order valence-corrected chi connectivity index (χ2v) is 5.09. The van der Waals surface area contributed by atoms with E-state index in [0.717, 1.165) is 13.0 Å². The summed E-state index contributed by atoms with van der Waals surface area (Å²) in [5, 5.41) is 0. The minimum atomic E-state index is -0.164. The zero-order chi connectivity index (χ0) is 13.2. The SMILES string of the molecule is CCCN1[C@H](c2ccccc2)[C@H]1c1ccc(F)cc1. The average Bonchev–Trinajstić information content (AvgIpc) is 3.15. The van der Waals surface area contributed by atoms with Gasteiger partial charge in [-0.15, -0.1) is 0 Å². The van der Waals surface area contributed by atoms with Crippen molar-refractivity contribution in [1.82, 2.24) is 4.90 Å². The molecule has 1 unspecified atom stereocenters. The van der Waals surface area contributed by atoms with Gasteiger partial charge in [-0.1, -0.05) is 49.4 Å². The van der Waals surface area contributed by atoms with E-state index in [4.69, 9.17) is 0 Å². The van der Waals surface area contributed by atoms with E-state index in [1.165, 1.54) is 11.1 Å². The summed E-state index contributed by atoms with van der Waals surface area (Å²) in [6.07, 6.45) is 1.14. The second kappa shape index (κ2) is 5.14. The minimum Gasteiger partial charge on any atom is -0.286 e. The molecule has 0 amide bonds. The first-order chi connectivity index (χ1) is 9.31. The van der Waals surface area contributed by atoms with E-state index in [1.807, 2.05) is 18.2 Å². The first kappa shape index (κ1) is 12.4. The highest BCUT2D eigenvalue weighted by Crippen LogP contribution is 2.54. The molecule has 1 nitrogen and oxygen atoms in total. The monoisotopic (exact) mass is 255 g/mol. The van der Waals surface area contributed by atoms with Crippen LogP contribution >= 0.6 is 0 Å². The van der Waals surface area contributed by atoms with Gasteiger partial charge in [-0.2, -0.15) is 0 Å². The summed E-state index contributed by atoms with van der Waals surface area (Å²) in [4.78, 5) is 2.47. The largest absolute Gasteiger partial charge is 0.286 e. The molecule has 1 fully saturated rings. The second-order valence-electron chi connectivity index (χ2n) is 5.09. The molecule has 2 aromatic carbocycles. The molecule has 98 valence electrons. The number of halogens is 1. The molecule has 3 rings (SSSR count). The molecular weight excluding hydrogens is 237 g/mol. The Balaban J connectivity index is 1.86. The highest BCUT2D eigenvalue weighted by molar-refractivity contribution is 5.34. The number of hydrogen-bond acceptors (Lipinski definition) is 1. The Kier molecular flexibility index (Phi) is 3.34. The molecule has 1 aliphatic heterocycles. The van der Waals surface area contributed by atoms with Gasteiger partial charge < -0.3 is 0 Å². The van der Waals surface area contributed by atoms with Crippen molar-refractivity contribution in [2.45, 2.75) is 25.4 Å². The predicted octanol–water partition coefficient (Wildman–Crippen LogP) is 4.33. The van der Waals surface area contributed by atoms with E-state index in [9.17, 15) is 4.39 Å². The molecule has 0 saturated carbocycles. The molecule has 0 N–H and O–H groups in total. The van der Waals surface area contributed by atoms with Crippen molar-refractivity contribution in [3.63, 3.8) is 0 Å². The van der Waals surface area contributed by atoms with Gasteiger partial charge >= 0.3 is 0 Å². The molecule has 0 aromatic heterocycles. The van der Waals surface area contributed by atoms with Gasteiger partial charge in [-0.25, -0.2) is 4.39 Å². The lowest BCUT2D eigenvalue weighted by molar-refractivity contribution is 0.481. The molecule has 2 heteroatoms. The molecule has 3 atom stereocenters.